The minimum absolute atomic E-state index is 0.109. The van der Waals surface area contributed by atoms with Gasteiger partial charge in [-0.1, -0.05) is 23.8 Å². The molecule has 1 rings (SSSR count). The number of benzene rings is 1. The van der Waals surface area contributed by atoms with E-state index in [9.17, 15) is 4.79 Å². The van der Waals surface area contributed by atoms with E-state index in [1.807, 2.05) is 52.8 Å². The van der Waals surface area contributed by atoms with Gasteiger partial charge in [-0.15, -0.1) is 0 Å². The predicted octanol–water partition coefficient (Wildman–Crippen LogP) is 2.97. The van der Waals surface area contributed by atoms with Gasteiger partial charge in [0.2, 0.25) is 0 Å². The number of nitrogens with two attached hydrogens (primary N) is 1. The fraction of sp³-hybridized carbons (Fsp3) is 0.533. The van der Waals surface area contributed by atoms with Gasteiger partial charge in [-0.2, -0.15) is 0 Å². The van der Waals surface area contributed by atoms with Crippen LogP contribution >= 0.6 is 0 Å². The Morgan fingerprint density at radius 2 is 1.95 bits per heavy atom. The van der Waals surface area contributed by atoms with Gasteiger partial charge in [-0.25, -0.2) is 5.90 Å². The molecule has 0 radical (unpaired) electrons. The standard InChI is InChI=1S/C15H23NO3/c1-10-6-7-11(2)12(8-10)13(19-16)9-14(17)18-15(3,4)5/h6-8,13H,9,16H2,1-5H3. The summed E-state index contributed by atoms with van der Waals surface area (Å²) in [6.45, 7) is 9.46. The molecule has 0 saturated heterocycles. The summed E-state index contributed by atoms with van der Waals surface area (Å²) < 4.78 is 5.29. The molecular weight excluding hydrogens is 242 g/mol. The smallest absolute Gasteiger partial charge is 0.309 e. The van der Waals surface area contributed by atoms with Crippen LogP contribution in [-0.4, -0.2) is 11.6 Å². The van der Waals surface area contributed by atoms with Crippen molar-refractivity contribution in [3.05, 3.63) is 34.9 Å². The third-order valence-electron chi connectivity index (χ3n) is 2.72. The first kappa shape index (κ1) is 15.7. The Balaban J connectivity index is 2.84. The van der Waals surface area contributed by atoms with Crippen LogP contribution in [0.4, 0.5) is 0 Å². The van der Waals surface area contributed by atoms with Crippen LogP contribution in [-0.2, 0) is 14.4 Å². The molecule has 0 bridgehead atoms. The zero-order chi connectivity index (χ0) is 14.6. The van der Waals surface area contributed by atoms with Crippen LogP contribution in [0.25, 0.3) is 0 Å². The van der Waals surface area contributed by atoms with Crippen molar-refractivity contribution in [2.24, 2.45) is 5.90 Å². The van der Waals surface area contributed by atoms with Crippen molar-refractivity contribution in [2.45, 2.75) is 52.7 Å². The molecule has 4 nitrogen and oxygen atoms in total. The molecule has 0 aliphatic heterocycles. The van der Waals surface area contributed by atoms with Crippen LogP contribution in [0.5, 0.6) is 0 Å². The summed E-state index contributed by atoms with van der Waals surface area (Å²) in [6.07, 6.45) is -0.368. The molecule has 0 spiro atoms. The van der Waals surface area contributed by atoms with E-state index in [4.69, 9.17) is 15.5 Å². The molecule has 4 heteroatoms. The average Bonchev–Trinajstić information content (AvgIpc) is 2.27. The molecular formula is C15H23NO3. The second kappa shape index (κ2) is 6.17. The molecule has 1 unspecified atom stereocenters. The maximum atomic E-state index is 11.8. The lowest BCUT2D eigenvalue weighted by Crippen LogP contribution is -2.26. The SMILES string of the molecule is Cc1ccc(C)c(C(CC(=O)OC(C)(C)C)ON)c1. The Morgan fingerprint density at radius 1 is 1.32 bits per heavy atom. The third-order valence-corrected chi connectivity index (χ3v) is 2.72. The minimum atomic E-state index is -0.502. The van der Waals surface area contributed by atoms with Crippen molar-refractivity contribution in [1.29, 1.82) is 0 Å². The van der Waals surface area contributed by atoms with Gasteiger partial charge in [0.1, 0.15) is 11.7 Å². The van der Waals surface area contributed by atoms with E-state index in [0.29, 0.717) is 0 Å². The second-order valence-electron chi connectivity index (χ2n) is 5.78. The number of hydrogen-bond acceptors (Lipinski definition) is 4. The van der Waals surface area contributed by atoms with Gasteiger partial charge in [0.05, 0.1) is 6.42 Å². The predicted molar refractivity (Wildman–Crippen MR) is 74.4 cm³/mol. The van der Waals surface area contributed by atoms with Crippen molar-refractivity contribution in [3.8, 4) is 0 Å². The summed E-state index contributed by atoms with van der Waals surface area (Å²) in [5, 5.41) is 0. The average molecular weight is 265 g/mol. The number of aryl methyl sites for hydroxylation is 2. The number of carbonyl (C=O) groups is 1. The lowest BCUT2D eigenvalue weighted by molar-refractivity contribution is -0.158. The highest BCUT2D eigenvalue weighted by Gasteiger charge is 2.23. The Hall–Kier alpha value is -1.39. The molecule has 106 valence electrons. The molecule has 1 aromatic carbocycles. The molecule has 19 heavy (non-hydrogen) atoms. The van der Waals surface area contributed by atoms with Gasteiger partial charge in [-0.3, -0.25) is 9.63 Å². The highest BCUT2D eigenvalue weighted by Crippen LogP contribution is 2.25. The van der Waals surface area contributed by atoms with E-state index >= 15 is 0 Å². The zero-order valence-corrected chi connectivity index (χ0v) is 12.3. The largest absolute Gasteiger partial charge is 0.460 e. The van der Waals surface area contributed by atoms with Crippen molar-refractivity contribution >= 4 is 5.97 Å². The van der Waals surface area contributed by atoms with Crippen LogP contribution in [0.3, 0.4) is 0 Å². The Bertz CT molecular complexity index is 449. The fourth-order valence-corrected chi connectivity index (χ4v) is 1.87. The van der Waals surface area contributed by atoms with E-state index in [0.717, 1.165) is 16.7 Å². The highest BCUT2D eigenvalue weighted by atomic mass is 16.6. The number of rotatable bonds is 4. The molecule has 0 aromatic heterocycles. The molecule has 2 N–H and O–H groups in total. The summed E-state index contributed by atoms with van der Waals surface area (Å²) in [6, 6.07) is 5.99. The normalized spacial score (nSPS) is 13.2. The Kier molecular flexibility index (Phi) is 5.09. The van der Waals surface area contributed by atoms with E-state index in [-0.39, 0.29) is 12.4 Å². The first-order valence-corrected chi connectivity index (χ1v) is 6.37. The molecule has 1 atom stereocenters. The van der Waals surface area contributed by atoms with Crippen LogP contribution in [0, 0.1) is 13.8 Å². The van der Waals surface area contributed by atoms with Gasteiger partial charge in [0.15, 0.2) is 0 Å². The zero-order valence-electron chi connectivity index (χ0n) is 12.3. The first-order valence-electron chi connectivity index (χ1n) is 6.37. The van der Waals surface area contributed by atoms with Crippen molar-refractivity contribution in [3.63, 3.8) is 0 Å². The lowest BCUT2D eigenvalue weighted by atomic mass is 9.99. The summed E-state index contributed by atoms with van der Waals surface area (Å²) in [5.41, 5.74) is 2.57. The molecule has 1 aromatic rings. The first-order chi connectivity index (χ1) is 8.73. The fourth-order valence-electron chi connectivity index (χ4n) is 1.87. The second-order valence-corrected chi connectivity index (χ2v) is 5.78. The lowest BCUT2D eigenvalue weighted by Gasteiger charge is -2.22. The quantitative estimate of drug-likeness (QED) is 0.671. The van der Waals surface area contributed by atoms with Crippen molar-refractivity contribution in [2.75, 3.05) is 0 Å². The van der Waals surface area contributed by atoms with Crippen molar-refractivity contribution in [1.82, 2.24) is 0 Å². The third kappa shape index (κ3) is 5.01. The van der Waals surface area contributed by atoms with Gasteiger partial charge < -0.3 is 4.74 Å². The molecule has 0 heterocycles. The molecule has 0 amide bonds. The van der Waals surface area contributed by atoms with Crippen LogP contribution < -0.4 is 5.90 Å². The molecule has 0 aliphatic rings. The monoisotopic (exact) mass is 265 g/mol. The van der Waals surface area contributed by atoms with Crippen molar-refractivity contribution < 1.29 is 14.4 Å². The Morgan fingerprint density at radius 3 is 2.47 bits per heavy atom. The van der Waals surface area contributed by atoms with E-state index in [2.05, 4.69) is 0 Å². The van der Waals surface area contributed by atoms with Gasteiger partial charge in [0, 0.05) is 0 Å². The minimum Gasteiger partial charge on any atom is -0.460 e. The summed E-state index contributed by atoms with van der Waals surface area (Å²) in [5.74, 6) is 5.01. The van der Waals surface area contributed by atoms with E-state index in [1.165, 1.54) is 0 Å². The maximum Gasteiger partial charge on any atom is 0.309 e. The van der Waals surface area contributed by atoms with Crippen LogP contribution in [0.1, 0.15) is 50.0 Å². The number of esters is 1. The van der Waals surface area contributed by atoms with Crippen LogP contribution in [0.15, 0.2) is 18.2 Å². The van der Waals surface area contributed by atoms with Crippen LogP contribution in [0.2, 0.25) is 0 Å². The summed E-state index contributed by atoms with van der Waals surface area (Å²) in [4.78, 5) is 16.8. The topological polar surface area (TPSA) is 61.5 Å². The molecule has 0 aliphatic carbocycles. The molecule has 0 fully saturated rings. The Labute approximate surface area is 114 Å². The van der Waals surface area contributed by atoms with E-state index in [1.54, 1.807) is 0 Å². The molecule has 0 saturated carbocycles. The highest BCUT2D eigenvalue weighted by molar-refractivity contribution is 5.70. The van der Waals surface area contributed by atoms with Gasteiger partial charge >= 0.3 is 5.97 Å². The summed E-state index contributed by atoms with van der Waals surface area (Å²) >= 11 is 0. The number of ether oxygens (including phenoxy) is 1. The summed E-state index contributed by atoms with van der Waals surface area (Å²) in [7, 11) is 0. The van der Waals surface area contributed by atoms with Gasteiger partial charge in [0.25, 0.3) is 0 Å². The van der Waals surface area contributed by atoms with Gasteiger partial charge in [-0.05, 0) is 45.7 Å². The maximum absolute atomic E-state index is 11.8. The van der Waals surface area contributed by atoms with E-state index < -0.39 is 11.7 Å². The number of hydrogen-bond donors (Lipinski definition) is 1. The number of carbonyl (C=O) groups excluding carboxylic acids is 1.